The predicted molar refractivity (Wildman–Crippen MR) is 98.4 cm³/mol. The van der Waals surface area contributed by atoms with Crippen molar-refractivity contribution in [2.45, 2.75) is 44.4 Å². The van der Waals surface area contributed by atoms with Crippen molar-refractivity contribution in [3.05, 3.63) is 36.5 Å². The van der Waals surface area contributed by atoms with Crippen molar-refractivity contribution in [2.24, 2.45) is 0 Å². The molecule has 0 spiro atoms. The van der Waals surface area contributed by atoms with E-state index in [9.17, 15) is 9.90 Å². The number of rotatable bonds is 4. The first kappa shape index (κ1) is 16.6. The largest absolute Gasteiger partial charge is 0.391 e. The second-order valence-electron chi connectivity index (χ2n) is 7.30. The summed E-state index contributed by atoms with van der Waals surface area (Å²) in [4.78, 5) is 16.9. The smallest absolute Gasteiger partial charge is 0.224 e. The molecule has 1 N–H and O–H groups in total. The van der Waals surface area contributed by atoms with Crippen molar-refractivity contribution >= 4 is 16.8 Å². The van der Waals surface area contributed by atoms with Crippen LogP contribution < -0.4 is 0 Å². The van der Waals surface area contributed by atoms with E-state index < -0.39 is 0 Å². The van der Waals surface area contributed by atoms with Crippen LogP contribution in [-0.4, -0.2) is 63.7 Å². The maximum atomic E-state index is 12.6. The minimum Gasteiger partial charge on any atom is -0.391 e. The van der Waals surface area contributed by atoms with Gasteiger partial charge in [0.15, 0.2) is 0 Å². The minimum absolute atomic E-state index is 0.177. The van der Waals surface area contributed by atoms with Gasteiger partial charge in [0.2, 0.25) is 5.91 Å². The van der Waals surface area contributed by atoms with Crippen LogP contribution in [-0.2, 0) is 11.3 Å². The van der Waals surface area contributed by atoms with Gasteiger partial charge < -0.3 is 14.6 Å². The van der Waals surface area contributed by atoms with E-state index in [4.69, 9.17) is 0 Å². The molecular weight excluding hydrogens is 314 g/mol. The summed E-state index contributed by atoms with van der Waals surface area (Å²) in [7, 11) is 0. The average molecular weight is 341 g/mol. The topological polar surface area (TPSA) is 48.7 Å². The summed E-state index contributed by atoms with van der Waals surface area (Å²) >= 11 is 0. The van der Waals surface area contributed by atoms with Crippen LogP contribution in [0.1, 0.15) is 25.7 Å². The van der Waals surface area contributed by atoms with E-state index in [0.717, 1.165) is 52.0 Å². The molecule has 5 nitrogen and oxygen atoms in total. The Morgan fingerprint density at radius 3 is 2.64 bits per heavy atom. The Bertz CT molecular complexity index is 733. The van der Waals surface area contributed by atoms with E-state index in [-0.39, 0.29) is 12.0 Å². The number of aromatic nitrogens is 1. The van der Waals surface area contributed by atoms with Gasteiger partial charge in [-0.3, -0.25) is 9.69 Å². The van der Waals surface area contributed by atoms with Crippen molar-refractivity contribution in [1.82, 2.24) is 14.4 Å². The van der Waals surface area contributed by atoms with Gasteiger partial charge >= 0.3 is 0 Å². The molecule has 1 saturated heterocycles. The first-order chi connectivity index (χ1) is 12.2. The second kappa shape index (κ2) is 7.18. The normalized spacial score (nSPS) is 24.9. The highest BCUT2D eigenvalue weighted by Gasteiger charge is 2.33. The lowest BCUT2D eigenvalue weighted by molar-refractivity contribution is -0.133. The van der Waals surface area contributed by atoms with Crippen molar-refractivity contribution in [2.75, 3.05) is 26.2 Å². The van der Waals surface area contributed by atoms with Crippen LogP contribution >= 0.6 is 0 Å². The highest BCUT2D eigenvalue weighted by molar-refractivity contribution is 5.80. The summed E-state index contributed by atoms with van der Waals surface area (Å²) in [6.07, 6.45) is 5.58. The molecule has 4 rings (SSSR count). The first-order valence-electron chi connectivity index (χ1n) is 9.46. The number of hydrogen-bond acceptors (Lipinski definition) is 3. The standard InChI is InChI=1S/C20H27N3O2/c24-19-7-3-6-18(19)22-12-14-23(15-13-22)20(25)9-11-21-10-8-16-4-1-2-5-17(16)21/h1-2,4-5,8,10,18-19,24H,3,6-7,9,11-15H2. The third-order valence-corrected chi connectivity index (χ3v) is 5.83. The van der Waals surface area contributed by atoms with Gasteiger partial charge in [-0.2, -0.15) is 0 Å². The number of aliphatic hydroxyl groups is 1. The fourth-order valence-electron chi connectivity index (χ4n) is 4.36. The average Bonchev–Trinajstić information content (AvgIpc) is 3.26. The van der Waals surface area contributed by atoms with E-state index in [0.29, 0.717) is 12.5 Å². The van der Waals surface area contributed by atoms with Gasteiger partial charge in [0.05, 0.1) is 6.10 Å². The fraction of sp³-hybridized carbons (Fsp3) is 0.550. The molecular formula is C20H27N3O2. The summed E-state index contributed by atoms with van der Waals surface area (Å²) in [6.45, 7) is 4.08. The monoisotopic (exact) mass is 341 g/mol. The zero-order valence-corrected chi connectivity index (χ0v) is 14.7. The summed E-state index contributed by atoms with van der Waals surface area (Å²) in [6, 6.07) is 10.7. The molecule has 1 aromatic carbocycles. The van der Waals surface area contributed by atoms with Gasteiger partial charge in [0, 0.05) is 56.9 Å². The molecule has 1 saturated carbocycles. The highest BCUT2D eigenvalue weighted by Crippen LogP contribution is 2.25. The van der Waals surface area contributed by atoms with E-state index in [1.54, 1.807) is 0 Å². The zero-order chi connectivity index (χ0) is 17.2. The lowest BCUT2D eigenvalue weighted by Gasteiger charge is -2.39. The number of nitrogens with zero attached hydrogens (tertiary/aromatic N) is 3. The number of fused-ring (bicyclic) bond motifs is 1. The summed E-state index contributed by atoms with van der Waals surface area (Å²) < 4.78 is 2.17. The molecule has 2 heterocycles. The van der Waals surface area contributed by atoms with Gasteiger partial charge in [-0.15, -0.1) is 0 Å². The van der Waals surface area contributed by atoms with Gasteiger partial charge in [-0.05, 0) is 36.8 Å². The maximum absolute atomic E-state index is 12.6. The van der Waals surface area contributed by atoms with Crippen molar-refractivity contribution in [3.8, 4) is 0 Å². The number of piperazine rings is 1. The number of carbonyl (C=O) groups is 1. The van der Waals surface area contributed by atoms with Gasteiger partial charge in [0.1, 0.15) is 0 Å². The Hall–Kier alpha value is -1.85. The maximum Gasteiger partial charge on any atom is 0.224 e. The number of amides is 1. The molecule has 2 atom stereocenters. The molecule has 2 aliphatic rings. The van der Waals surface area contributed by atoms with Crippen LogP contribution in [0, 0.1) is 0 Å². The van der Waals surface area contributed by atoms with Gasteiger partial charge in [-0.1, -0.05) is 18.2 Å². The Kier molecular flexibility index (Phi) is 4.77. The molecule has 5 heteroatoms. The fourth-order valence-corrected chi connectivity index (χ4v) is 4.36. The number of aliphatic hydroxyl groups excluding tert-OH is 1. The molecule has 1 aromatic heterocycles. The van der Waals surface area contributed by atoms with Crippen LogP contribution in [0.5, 0.6) is 0 Å². The number of para-hydroxylation sites is 1. The third kappa shape index (κ3) is 3.44. The highest BCUT2D eigenvalue weighted by atomic mass is 16.3. The quantitative estimate of drug-likeness (QED) is 0.926. The molecule has 134 valence electrons. The minimum atomic E-state index is -0.177. The van der Waals surface area contributed by atoms with Crippen LogP contribution in [0.15, 0.2) is 36.5 Å². The van der Waals surface area contributed by atoms with Gasteiger partial charge in [-0.25, -0.2) is 0 Å². The molecule has 1 aliphatic carbocycles. The van der Waals surface area contributed by atoms with E-state index in [1.807, 2.05) is 17.0 Å². The number of hydrogen-bond donors (Lipinski definition) is 1. The summed E-state index contributed by atoms with van der Waals surface area (Å²) in [5.41, 5.74) is 1.19. The van der Waals surface area contributed by atoms with Gasteiger partial charge in [0.25, 0.3) is 0 Å². The van der Waals surface area contributed by atoms with Crippen molar-refractivity contribution < 1.29 is 9.90 Å². The zero-order valence-electron chi connectivity index (χ0n) is 14.7. The van der Waals surface area contributed by atoms with Crippen molar-refractivity contribution in [3.63, 3.8) is 0 Å². The van der Waals surface area contributed by atoms with E-state index in [2.05, 4.69) is 33.9 Å². The van der Waals surface area contributed by atoms with Crippen LogP contribution in [0.3, 0.4) is 0 Å². The van der Waals surface area contributed by atoms with E-state index >= 15 is 0 Å². The summed E-state index contributed by atoms with van der Waals surface area (Å²) in [5.74, 6) is 0.240. The van der Waals surface area contributed by atoms with E-state index in [1.165, 1.54) is 10.9 Å². The van der Waals surface area contributed by atoms with Crippen LogP contribution in [0.2, 0.25) is 0 Å². The Morgan fingerprint density at radius 2 is 1.88 bits per heavy atom. The second-order valence-corrected chi connectivity index (χ2v) is 7.30. The number of aryl methyl sites for hydroxylation is 1. The molecule has 2 fully saturated rings. The van der Waals surface area contributed by atoms with Crippen LogP contribution in [0.4, 0.5) is 0 Å². The molecule has 0 bridgehead atoms. The number of benzene rings is 1. The lowest BCUT2D eigenvalue weighted by Crippen LogP contribution is -2.53. The summed E-state index contributed by atoms with van der Waals surface area (Å²) in [5, 5.41) is 11.3. The molecule has 25 heavy (non-hydrogen) atoms. The predicted octanol–water partition coefficient (Wildman–Crippen LogP) is 2.09. The Labute approximate surface area is 148 Å². The molecule has 0 radical (unpaired) electrons. The Balaban J connectivity index is 1.29. The van der Waals surface area contributed by atoms with Crippen molar-refractivity contribution in [1.29, 1.82) is 0 Å². The molecule has 1 amide bonds. The Morgan fingerprint density at radius 1 is 1.08 bits per heavy atom. The molecule has 2 aromatic rings. The lowest BCUT2D eigenvalue weighted by atomic mass is 10.1. The molecule has 1 aliphatic heterocycles. The third-order valence-electron chi connectivity index (χ3n) is 5.83. The number of carbonyl (C=O) groups excluding carboxylic acids is 1. The van der Waals surface area contributed by atoms with Crippen LogP contribution in [0.25, 0.3) is 10.9 Å². The molecule has 2 unspecified atom stereocenters. The SMILES string of the molecule is O=C(CCn1ccc2ccccc21)N1CCN(C2CCCC2O)CC1. The first-order valence-corrected chi connectivity index (χ1v) is 9.46.